The van der Waals surface area contributed by atoms with Crippen molar-refractivity contribution in [3.8, 4) is 0 Å². The molecule has 0 bridgehead atoms. The lowest BCUT2D eigenvalue weighted by Gasteiger charge is -2.22. The summed E-state index contributed by atoms with van der Waals surface area (Å²) in [6.45, 7) is 5.03. The van der Waals surface area contributed by atoms with Gasteiger partial charge in [0.1, 0.15) is 12.7 Å². The van der Waals surface area contributed by atoms with Crippen LogP contribution >= 0.6 is 0 Å². The molecule has 2 aromatic rings. The fraction of sp³-hybridized carbons (Fsp3) is 0.429. The Morgan fingerprint density at radius 3 is 2.90 bits per heavy atom. The van der Waals surface area contributed by atoms with E-state index >= 15 is 0 Å². The van der Waals surface area contributed by atoms with Crippen molar-refractivity contribution in [2.75, 3.05) is 7.05 Å². The summed E-state index contributed by atoms with van der Waals surface area (Å²) >= 11 is 0. The van der Waals surface area contributed by atoms with E-state index in [0.29, 0.717) is 13.1 Å². The van der Waals surface area contributed by atoms with Crippen molar-refractivity contribution in [3.05, 3.63) is 42.2 Å². The molecule has 0 N–H and O–H groups in total. The predicted molar refractivity (Wildman–Crippen MR) is 74.6 cm³/mol. The first-order chi connectivity index (χ1) is 9.58. The van der Waals surface area contributed by atoms with Crippen molar-refractivity contribution in [3.63, 3.8) is 0 Å². The van der Waals surface area contributed by atoms with Gasteiger partial charge < -0.3 is 4.90 Å². The summed E-state index contributed by atoms with van der Waals surface area (Å²) < 4.78 is 1.67. The summed E-state index contributed by atoms with van der Waals surface area (Å²) in [7, 11) is 1.82. The number of hydrogen-bond acceptors (Lipinski definition) is 4. The number of aryl methyl sites for hydroxylation is 1. The fourth-order valence-electron chi connectivity index (χ4n) is 2.07. The van der Waals surface area contributed by atoms with E-state index in [1.165, 1.54) is 6.33 Å². The molecule has 0 saturated heterocycles. The van der Waals surface area contributed by atoms with E-state index in [9.17, 15) is 4.79 Å². The zero-order valence-electron chi connectivity index (χ0n) is 12.0. The first kappa shape index (κ1) is 14.2. The number of carbonyl (C=O) groups excluding carboxylic acids is 1. The van der Waals surface area contributed by atoms with Gasteiger partial charge in [0.2, 0.25) is 5.91 Å². The highest BCUT2D eigenvalue weighted by molar-refractivity contribution is 5.78. The molecule has 106 valence electrons. The number of nitrogens with zero attached hydrogens (tertiary/aromatic N) is 5. The van der Waals surface area contributed by atoms with E-state index in [0.717, 1.165) is 11.1 Å². The van der Waals surface area contributed by atoms with Gasteiger partial charge in [0, 0.05) is 26.0 Å². The van der Waals surface area contributed by atoms with E-state index in [-0.39, 0.29) is 11.8 Å². The molecule has 0 aliphatic heterocycles. The van der Waals surface area contributed by atoms with Gasteiger partial charge in [0.25, 0.3) is 0 Å². The highest BCUT2D eigenvalue weighted by Gasteiger charge is 2.18. The summed E-state index contributed by atoms with van der Waals surface area (Å²) in [5.41, 5.74) is 2.21. The summed E-state index contributed by atoms with van der Waals surface area (Å²) in [4.78, 5) is 22.0. The Labute approximate surface area is 118 Å². The van der Waals surface area contributed by atoms with Crippen LogP contribution in [0.5, 0.6) is 0 Å². The van der Waals surface area contributed by atoms with Crippen LogP contribution in [0.15, 0.2) is 31.1 Å². The maximum Gasteiger partial charge on any atom is 0.227 e. The lowest BCUT2D eigenvalue weighted by atomic mass is 10.1. The van der Waals surface area contributed by atoms with Gasteiger partial charge in [0.15, 0.2) is 0 Å². The van der Waals surface area contributed by atoms with Gasteiger partial charge in [-0.05, 0) is 24.1 Å². The average molecular weight is 273 g/mol. The van der Waals surface area contributed by atoms with Gasteiger partial charge in [-0.3, -0.25) is 14.5 Å². The number of amides is 1. The van der Waals surface area contributed by atoms with Crippen molar-refractivity contribution >= 4 is 5.91 Å². The summed E-state index contributed by atoms with van der Waals surface area (Å²) in [6, 6.07) is 1.95. The number of hydrogen-bond donors (Lipinski definition) is 0. The molecule has 2 aromatic heterocycles. The number of carbonyl (C=O) groups is 1. The molecular formula is C14H19N5O. The fourth-order valence-corrected chi connectivity index (χ4v) is 2.07. The second-order valence-corrected chi connectivity index (χ2v) is 5.02. The van der Waals surface area contributed by atoms with E-state index in [4.69, 9.17) is 0 Å². The summed E-state index contributed by atoms with van der Waals surface area (Å²) in [5.74, 6) is -0.0412. The maximum absolute atomic E-state index is 12.3. The quantitative estimate of drug-likeness (QED) is 0.823. The molecule has 0 spiro atoms. The molecule has 0 fully saturated rings. The maximum atomic E-state index is 12.3. The minimum absolute atomic E-state index is 0.0942. The van der Waals surface area contributed by atoms with Gasteiger partial charge >= 0.3 is 0 Å². The van der Waals surface area contributed by atoms with Crippen molar-refractivity contribution in [2.24, 2.45) is 5.92 Å². The topological polar surface area (TPSA) is 63.9 Å². The third-order valence-electron chi connectivity index (χ3n) is 3.27. The zero-order valence-corrected chi connectivity index (χ0v) is 12.0. The predicted octanol–water partition coefficient (Wildman–Crippen LogP) is 1.28. The van der Waals surface area contributed by atoms with Gasteiger partial charge in [-0.1, -0.05) is 6.92 Å². The van der Waals surface area contributed by atoms with Crippen molar-refractivity contribution in [1.29, 1.82) is 0 Å². The molecule has 0 radical (unpaired) electrons. The second-order valence-electron chi connectivity index (χ2n) is 5.02. The van der Waals surface area contributed by atoms with E-state index < -0.39 is 0 Å². The first-order valence-corrected chi connectivity index (χ1v) is 6.55. The molecule has 0 unspecified atom stereocenters. The van der Waals surface area contributed by atoms with Crippen LogP contribution in [0.3, 0.4) is 0 Å². The Hall–Kier alpha value is -2.24. The van der Waals surface area contributed by atoms with Crippen LogP contribution in [0, 0.1) is 12.8 Å². The smallest absolute Gasteiger partial charge is 0.227 e. The van der Waals surface area contributed by atoms with Crippen molar-refractivity contribution in [2.45, 2.75) is 26.9 Å². The van der Waals surface area contributed by atoms with Crippen LogP contribution < -0.4 is 0 Å². The molecule has 2 rings (SSSR count). The molecule has 0 saturated carbocycles. The van der Waals surface area contributed by atoms with Gasteiger partial charge in [0.05, 0.1) is 12.5 Å². The zero-order chi connectivity index (χ0) is 14.5. The molecule has 2 heterocycles. The van der Waals surface area contributed by atoms with Crippen molar-refractivity contribution < 1.29 is 4.79 Å². The Morgan fingerprint density at radius 2 is 2.25 bits per heavy atom. The largest absolute Gasteiger partial charge is 0.341 e. The Balaban J connectivity index is 1.96. The summed E-state index contributed by atoms with van der Waals surface area (Å²) in [5, 5.41) is 4.02. The minimum atomic E-state index is -0.135. The molecule has 6 heteroatoms. The minimum Gasteiger partial charge on any atom is -0.341 e. The average Bonchev–Trinajstić information content (AvgIpc) is 2.93. The van der Waals surface area contributed by atoms with Crippen LogP contribution in [0.2, 0.25) is 0 Å². The SMILES string of the molecule is Cc1cnccc1CN(C)C(=O)[C@@H](C)Cn1cncn1. The van der Waals surface area contributed by atoms with Crippen LogP contribution in [0.4, 0.5) is 0 Å². The van der Waals surface area contributed by atoms with Gasteiger partial charge in [-0.2, -0.15) is 5.10 Å². The van der Waals surface area contributed by atoms with E-state index in [2.05, 4.69) is 15.1 Å². The lowest BCUT2D eigenvalue weighted by molar-refractivity contribution is -0.134. The monoisotopic (exact) mass is 273 g/mol. The molecule has 1 amide bonds. The van der Waals surface area contributed by atoms with Gasteiger partial charge in [-0.15, -0.1) is 0 Å². The molecule has 1 atom stereocenters. The van der Waals surface area contributed by atoms with Crippen molar-refractivity contribution in [1.82, 2.24) is 24.6 Å². The molecular weight excluding hydrogens is 254 g/mol. The first-order valence-electron chi connectivity index (χ1n) is 6.55. The Kier molecular flexibility index (Phi) is 4.45. The molecule has 20 heavy (non-hydrogen) atoms. The van der Waals surface area contributed by atoms with E-state index in [1.807, 2.05) is 33.2 Å². The van der Waals surface area contributed by atoms with Crippen LogP contribution in [0.25, 0.3) is 0 Å². The highest BCUT2D eigenvalue weighted by atomic mass is 16.2. The van der Waals surface area contributed by atoms with Crippen LogP contribution in [0.1, 0.15) is 18.1 Å². The third kappa shape index (κ3) is 3.40. The van der Waals surface area contributed by atoms with Gasteiger partial charge in [-0.25, -0.2) is 4.98 Å². The van der Waals surface area contributed by atoms with Crippen LogP contribution in [-0.2, 0) is 17.9 Å². The van der Waals surface area contributed by atoms with Crippen LogP contribution in [-0.4, -0.2) is 37.6 Å². The normalized spacial score (nSPS) is 12.2. The highest BCUT2D eigenvalue weighted by Crippen LogP contribution is 2.11. The van der Waals surface area contributed by atoms with E-state index in [1.54, 1.807) is 22.1 Å². The number of aromatic nitrogens is 4. The molecule has 0 aliphatic rings. The Bertz CT molecular complexity index is 567. The number of rotatable bonds is 5. The summed E-state index contributed by atoms with van der Waals surface area (Å²) in [6.07, 6.45) is 6.66. The standard InChI is InChI=1S/C14H19N5O/c1-11-6-15-5-4-13(11)8-18(3)14(20)12(2)7-19-10-16-9-17-19/h4-6,9-10,12H,7-8H2,1-3H3/t12-/m0/s1. The third-order valence-corrected chi connectivity index (χ3v) is 3.27. The molecule has 0 aromatic carbocycles. The molecule has 6 nitrogen and oxygen atoms in total. The number of pyridine rings is 1. The Morgan fingerprint density at radius 1 is 1.45 bits per heavy atom. The molecule has 0 aliphatic carbocycles. The second kappa shape index (κ2) is 6.27. The lowest BCUT2D eigenvalue weighted by Crippen LogP contribution is -2.33.